The fourth-order valence-electron chi connectivity index (χ4n) is 1.84. The maximum absolute atomic E-state index is 10.2. The number of unbranched alkanes of at least 4 members (excludes halogenated alkanes) is 8. The zero-order valence-corrected chi connectivity index (χ0v) is 13.5. The number of hydrogen-bond donors (Lipinski definition) is 4. The van der Waals surface area contributed by atoms with Gasteiger partial charge < -0.3 is 20.4 Å². The molecule has 0 aliphatic carbocycles. The summed E-state index contributed by atoms with van der Waals surface area (Å²) in [5, 5.41) is 33.0. The van der Waals surface area contributed by atoms with Crippen LogP contribution in [0.5, 0.6) is 0 Å². The summed E-state index contributed by atoms with van der Waals surface area (Å²) >= 11 is 0. The van der Waals surface area contributed by atoms with Crippen LogP contribution in [0.3, 0.4) is 0 Å². The van der Waals surface area contributed by atoms with Gasteiger partial charge in [-0.1, -0.05) is 38.5 Å². The summed E-state index contributed by atoms with van der Waals surface area (Å²) in [5.41, 5.74) is 0. The Morgan fingerprint density at radius 3 is 1.00 bits per heavy atom. The summed E-state index contributed by atoms with van der Waals surface area (Å²) in [4.78, 5) is 20.4. The van der Waals surface area contributed by atoms with Crippen molar-refractivity contribution in [3.63, 3.8) is 0 Å². The van der Waals surface area contributed by atoms with Crippen LogP contribution >= 0.6 is 0 Å². The van der Waals surface area contributed by atoms with Gasteiger partial charge in [-0.25, -0.2) is 0 Å². The quantitative estimate of drug-likeness (QED) is 0.366. The molecule has 22 heavy (non-hydrogen) atoms. The van der Waals surface area contributed by atoms with Gasteiger partial charge in [0.1, 0.15) is 0 Å². The Hall–Kier alpha value is -1.14. The first-order valence-corrected chi connectivity index (χ1v) is 8.20. The molecule has 6 nitrogen and oxygen atoms in total. The first-order chi connectivity index (χ1) is 10.5. The van der Waals surface area contributed by atoms with E-state index in [4.69, 9.17) is 20.4 Å². The van der Waals surface area contributed by atoms with E-state index in [0.29, 0.717) is 0 Å². The van der Waals surface area contributed by atoms with E-state index in [1.807, 2.05) is 0 Å². The highest BCUT2D eigenvalue weighted by atomic mass is 16.4. The van der Waals surface area contributed by atoms with Crippen LogP contribution in [0, 0.1) is 0 Å². The maximum atomic E-state index is 10.2. The van der Waals surface area contributed by atoms with Gasteiger partial charge in [0.2, 0.25) is 0 Å². The van der Waals surface area contributed by atoms with Gasteiger partial charge in [0, 0.05) is 26.1 Å². The number of hydrogen-bond acceptors (Lipinski definition) is 4. The van der Waals surface area contributed by atoms with E-state index in [9.17, 15) is 9.59 Å². The molecule has 0 bridgehead atoms. The average molecular weight is 320 g/mol. The van der Waals surface area contributed by atoms with Gasteiger partial charge in [-0.05, 0) is 25.7 Å². The summed E-state index contributed by atoms with van der Waals surface area (Å²) in [5.74, 6) is -1.43. The van der Waals surface area contributed by atoms with Crippen LogP contribution in [0.15, 0.2) is 0 Å². The van der Waals surface area contributed by atoms with Crippen molar-refractivity contribution >= 4 is 11.9 Å². The molecule has 0 spiro atoms. The lowest BCUT2D eigenvalue weighted by Gasteiger charge is -2.00. The molecule has 0 heterocycles. The molecule has 0 aromatic carbocycles. The number of carboxylic acid groups (broad SMARTS) is 2. The lowest BCUT2D eigenvalue weighted by molar-refractivity contribution is -0.138. The van der Waals surface area contributed by atoms with Gasteiger partial charge in [-0.3, -0.25) is 9.59 Å². The Labute approximate surface area is 133 Å². The Morgan fingerprint density at radius 1 is 0.500 bits per heavy atom. The van der Waals surface area contributed by atoms with Gasteiger partial charge in [-0.15, -0.1) is 0 Å². The van der Waals surface area contributed by atoms with Crippen molar-refractivity contribution < 1.29 is 30.0 Å². The van der Waals surface area contributed by atoms with E-state index in [2.05, 4.69) is 0 Å². The molecule has 0 aliphatic rings. The first-order valence-electron chi connectivity index (χ1n) is 8.20. The minimum absolute atomic E-state index is 0.195. The van der Waals surface area contributed by atoms with E-state index in [0.717, 1.165) is 64.2 Å². The molecule has 0 aliphatic heterocycles. The number of aliphatic hydroxyl groups excluding tert-OH is 2. The zero-order valence-electron chi connectivity index (χ0n) is 13.5. The van der Waals surface area contributed by atoms with Gasteiger partial charge in [-0.2, -0.15) is 0 Å². The first kappa shape index (κ1) is 23.1. The summed E-state index contributed by atoms with van der Waals surface area (Å²) in [7, 11) is 0. The normalized spacial score (nSPS) is 9.91. The summed E-state index contributed by atoms with van der Waals surface area (Å²) < 4.78 is 0. The molecular formula is C16H32O6. The number of aliphatic carboxylic acids is 2. The Balaban J connectivity index is 0. The molecule has 0 atom stereocenters. The van der Waals surface area contributed by atoms with Crippen LogP contribution < -0.4 is 0 Å². The van der Waals surface area contributed by atoms with E-state index < -0.39 is 11.9 Å². The molecule has 0 saturated carbocycles. The zero-order chi connectivity index (χ0) is 17.1. The van der Waals surface area contributed by atoms with Gasteiger partial charge >= 0.3 is 11.9 Å². The van der Waals surface area contributed by atoms with Gasteiger partial charge in [0.05, 0.1) is 0 Å². The molecule has 0 saturated heterocycles. The van der Waals surface area contributed by atoms with Crippen molar-refractivity contribution in [2.75, 3.05) is 13.2 Å². The standard InChI is InChI=1S/C12H22O4.C4H10O2/c13-11(14)9-7-5-3-1-2-4-6-8-10-12(15)16;5-3-1-2-4-6/h1-10H2,(H,13,14)(H,15,16);5-6H,1-4H2. The average Bonchev–Trinajstić information content (AvgIpc) is 2.47. The predicted molar refractivity (Wildman–Crippen MR) is 84.8 cm³/mol. The van der Waals surface area contributed by atoms with Crippen molar-refractivity contribution in [2.24, 2.45) is 0 Å². The largest absolute Gasteiger partial charge is 0.481 e. The van der Waals surface area contributed by atoms with Crippen LogP contribution in [-0.2, 0) is 9.59 Å². The molecule has 4 N–H and O–H groups in total. The topological polar surface area (TPSA) is 115 Å². The molecule has 0 unspecified atom stereocenters. The second-order valence-electron chi connectivity index (χ2n) is 5.27. The third kappa shape index (κ3) is 27.2. The Bertz CT molecular complexity index is 229. The Kier molecular flexibility index (Phi) is 20.9. The van der Waals surface area contributed by atoms with Crippen molar-refractivity contribution in [1.29, 1.82) is 0 Å². The van der Waals surface area contributed by atoms with Crippen LogP contribution in [-0.4, -0.2) is 45.6 Å². The SMILES string of the molecule is O=C(O)CCCCCCCCCCC(=O)O.OCCCCO. The highest BCUT2D eigenvalue weighted by molar-refractivity contribution is 5.66. The van der Waals surface area contributed by atoms with E-state index >= 15 is 0 Å². The summed E-state index contributed by atoms with van der Waals surface area (Å²) in [6.45, 7) is 0.390. The molecule has 0 fully saturated rings. The van der Waals surface area contributed by atoms with Crippen LogP contribution in [0.4, 0.5) is 0 Å². The maximum Gasteiger partial charge on any atom is 0.303 e. The van der Waals surface area contributed by atoms with E-state index in [-0.39, 0.29) is 26.1 Å². The van der Waals surface area contributed by atoms with Crippen molar-refractivity contribution in [3.8, 4) is 0 Å². The lowest BCUT2D eigenvalue weighted by Crippen LogP contribution is -1.94. The second-order valence-corrected chi connectivity index (χ2v) is 5.27. The summed E-state index contributed by atoms with van der Waals surface area (Å²) in [6, 6.07) is 0. The van der Waals surface area contributed by atoms with Gasteiger partial charge in [0.25, 0.3) is 0 Å². The lowest BCUT2D eigenvalue weighted by atomic mass is 10.1. The highest BCUT2D eigenvalue weighted by Gasteiger charge is 1.98. The number of carbonyl (C=O) groups is 2. The van der Waals surface area contributed by atoms with E-state index in [1.54, 1.807) is 0 Å². The minimum atomic E-state index is -0.714. The minimum Gasteiger partial charge on any atom is -0.481 e. The third-order valence-corrected chi connectivity index (χ3v) is 3.10. The van der Waals surface area contributed by atoms with Crippen LogP contribution in [0.2, 0.25) is 0 Å². The number of rotatable bonds is 14. The van der Waals surface area contributed by atoms with Crippen molar-refractivity contribution in [2.45, 2.75) is 77.0 Å². The molecule has 6 heteroatoms. The number of carboxylic acids is 2. The van der Waals surface area contributed by atoms with E-state index in [1.165, 1.54) is 0 Å². The fourth-order valence-corrected chi connectivity index (χ4v) is 1.84. The van der Waals surface area contributed by atoms with Crippen molar-refractivity contribution in [3.05, 3.63) is 0 Å². The molecule has 0 rings (SSSR count). The molecule has 0 aromatic rings. The van der Waals surface area contributed by atoms with Crippen LogP contribution in [0.25, 0.3) is 0 Å². The molecule has 0 radical (unpaired) electrons. The molecule has 132 valence electrons. The third-order valence-electron chi connectivity index (χ3n) is 3.10. The Morgan fingerprint density at radius 2 is 0.773 bits per heavy atom. The molecule has 0 aromatic heterocycles. The fraction of sp³-hybridized carbons (Fsp3) is 0.875. The monoisotopic (exact) mass is 320 g/mol. The second kappa shape index (κ2) is 19.9. The highest BCUT2D eigenvalue weighted by Crippen LogP contribution is 2.10. The van der Waals surface area contributed by atoms with Crippen molar-refractivity contribution in [1.82, 2.24) is 0 Å². The molecule has 0 amide bonds. The molecular weight excluding hydrogens is 288 g/mol. The van der Waals surface area contributed by atoms with Gasteiger partial charge in [0.15, 0.2) is 0 Å². The predicted octanol–water partition coefficient (Wildman–Crippen LogP) is 2.81. The van der Waals surface area contributed by atoms with Crippen LogP contribution in [0.1, 0.15) is 77.0 Å². The smallest absolute Gasteiger partial charge is 0.303 e. The summed E-state index contributed by atoms with van der Waals surface area (Å²) in [6.07, 6.45) is 9.95. The number of aliphatic hydroxyl groups is 2.